The van der Waals surface area contributed by atoms with Crippen LogP contribution in [0.25, 0.3) is 0 Å². The number of hydrogen-bond donors (Lipinski definition) is 1. The Hall–Kier alpha value is -3.85. The number of rotatable bonds is 7. The molecule has 34 heavy (non-hydrogen) atoms. The fraction of sp³-hybridized carbons (Fsp3) is 0.240. The molecular formula is C25H24N2O6S. The molecule has 0 saturated heterocycles. The maximum atomic E-state index is 12.7. The Labute approximate surface area is 201 Å². The highest BCUT2D eigenvalue weighted by molar-refractivity contribution is 7.12. The van der Waals surface area contributed by atoms with Gasteiger partial charge in [0.15, 0.2) is 18.1 Å². The highest BCUT2D eigenvalue weighted by Crippen LogP contribution is 2.33. The van der Waals surface area contributed by atoms with E-state index in [9.17, 15) is 14.4 Å². The van der Waals surface area contributed by atoms with E-state index in [4.69, 9.17) is 14.2 Å². The average molecular weight is 481 g/mol. The maximum Gasteiger partial charge on any atom is 0.338 e. The molecule has 0 aliphatic carbocycles. The van der Waals surface area contributed by atoms with E-state index in [0.717, 1.165) is 11.1 Å². The number of fused-ring (bicyclic) bond motifs is 1. The van der Waals surface area contributed by atoms with Crippen LogP contribution in [-0.4, -0.2) is 50.1 Å². The lowest BCUT2D eigenvalue weighted by Crippen LogP contribution is -2.38. The van der Waals surface area contributed by atoms with E-state index in [0.29, 0.717) is 47.1 Å². The number of hydrogen-bond acceptors (Lipinski definition) is 7. The second kappa shape index (κ2) is 10.4. The van der Waals surface area contributed by atoms with Crippen molar-refractivity contribution in [2.45, 2.75) is 13.0 Å². The predicted octanol–water partition coefficient (Wildman–Crippen LogP) is 3.76. The lowest BCUT2D eigenvalue weighted by Gasteiger charge is -2.29. The minimum absolute atomic E-state index is 0.213. The number of carbonyl (C=O) groups is 3. The molecule has 0 atom stereocenters. The van der Waals surface area contributed by atoms with Crippen molar-refractivity contribution in [1.29, 1.82) is 0 Å². The standard InChI is InChI=1S/C25H24N2O6S/c1-31-20-12-17-9-10-27(14-18(17)13-21(20)32-2)23(28)15-33-25(30)16-5-7-19(8-6-16)26-24(29)22-4-3-11-34-22/h3-8,11-13H,9-10,14-15H2,1-2H3,(H,26,29). The molecule has 176 valence electrons. The van der Waals surface area contributed by atoms with Crippen molar-refractivity contribution in [1.82, 2.24) is 4.90 Å². The van der Waals surface area contributed by atoms with E-state index in [1.54, 1.807) is 55.5 Å². The molecule has 0 fully saturated rings. The monoisotopic (exact) mass is 480 g/mol. The van der Waals surface area contributed by atoms with E-state index < -0.39 is 5.97 Å². The van der Waals surface area contributed by atoms with E-state index >= 15 is 0 Å². The number of anilines is 1. The summed E-state index contributed by atoms with van der Waals surface area (Å²) >= 11 is 1.35. The lowest BCUT2D eigenvalue weighted by molar-refractivity contribution is -0.135. The molecule has 1 N–H and O–H groups in total. The van der Waals surface area contributed by atoms with Gasteiger partial charge < -0.3 is 24.4 Å². The summed E-state index contributed by atoms with van der Waals surface area (Å²) in [5, 5.41) is 4.59. The van der Waals surface area contributed by atoms with Gasteiger partial charge in [-0.2, -0.15) is 0 Å². The smallest absolute Gasteiger partial charge is 0.338 e. The highest BCUT2D eigenvalue weighted by Gasteiger charge is 2.24. The summed E-state index contributed by atoms with van der Waals surface area (Å²) in [5.41, 5.74) is 2.93. The molecule has 2 amide bonds. The molecule has 0 saturated carbocycles. The zero-order valence-electron chi connectivity index (χ0n) is 18.8. The summed E-state index contributed by atoms with van der Waals surface area (Å²) in [6.07, 6.45) is 0.675. The fourth-order valence-electron chi connectivity index (χ4n) is 3.69. The van der Waals surface area contributed by atoms with Gasteiger partial charge in [-0.25, -0.2) is 4.79 Å². The molecule has 0 radical (unpaired) electrons. The van der Waals surface area contributed by atoms with E-state index in [1.165, 1.54) is 11.3 Å². The molecule has 9 heteroatoms. The van der Waals surface area contributed by atoms with Gasteiger partial charge in [0.1, 0.15) is 0 Å². The number of amides is 2. The first-order chi connectivity index (χ1) is 16.5. The first-order valence-electron chi connectivity index (χ1n) is 10.6. The van der Waals surface area contributed by atoms with Gasteiger partial charge in [0.05, 0.1) is 24.7 Å². The van der Waals surface area contributed by atoms with Crippen LogP contribution >= 0.6 is 11.3 Å². The molecule has 0 bridgehead atoms. The zero-order valence-corrected chi connectivity index (χ0v) is 19.6. The number of nitrogens with zero attached hydrogens (tertiary/aromatic N) is 1. The zero-order chi connectivity index (χ0) is 24.1. The van der Waals surface area contributed by atoms with Gasteiger partial charge in [-0.15, -0.1) is 11.3 Å². The van der Waals surface area contributed by atoms with Crippen molar-refractivity contribution >= 4 is 34.8 Å². The third-order valence-electron chi connectivity index (χ3n) is 5.52. The van der Waals surface area contributed by atoms with Gasteiger partial charge in [0.25, 0.3) is 11.8 Å². The second-order valence-electron chi connectivity index (χ2n) is 7.63. The first-order valence-corrected chi connectivity index (χ1v) is 11.5. The molecule has 1 aromatic heterocycles. The number of esters is 1. The van der Waals surface area contributed by atoms with Crippen LogP contribution in [-0.2, 0) is 22.5 Å². The summed E-state index contributed by atoms with van der Waals surface area (Å²) < 4.78 is 15.9. The van der Waals surface area contributed by atoms with Gasteiger partial charge in [0, 0.05) is 18.8 Å². The topological polar surface area (TPSA) is 94.2 Å². The van der Waals surface area contributed by atoms with Crippen molar-refractivity contribution in [2.24, 2.45) is 0 Å². The quantitative estimate of drug-likeness (QED) is 0.518. The number of nitrogens with one attached hydrogen (secondary N) is 1. The van der Waals surface area contributed by atoms with E-state index in [2.05, 4.69) is 5.32 Å². The predicted molar refractivity (Wildman–Crippen MR) is 128 cm³/mol. The Bertz CT molecular complexity index is 1190. The molecule has 8 nitrogen and oxygen atoms in total. The lowest BCUT2D eigenvalue weighted by atomic mass is 9.99. The van der Waals surface area contributed by atoms with Crippen LogP contribution in [0.4, 0.5) is 5.69 Å². The minimum Gasteiger partial charge on any atom is -0.493 e. The summed E-state index contributed by atoms with van der Waals surface area (Å²) in [4.78, 5) is 39.4. The molecular weight excluding hydrogens is 456 g/mol. The van der Waals surface area contributed by atoms with E-state index in [-0.39, 0.29) is 18.4 Å². The van der Waals surface area contributed by atoms with Crippen molar-refractivity contribution < 1.29 is 28.6 Å². The Morgan fingerprint density at radius 1 is 1.00 bits per heavy atom. The Morgan fingerprint density at radius 3 is 2.35 bits per heavy atom. The Kier molecular flexibility index (Phi) is 7.12. The number of thiophene rings is 1. The van der Waals surface area contributed by atoms with Gasteiger partial charge >= 0.3 is 5.97 Å². The molecule has 1 aliphatic heterocycles. The van der Waals surface area contributed by atoms with Crippen LogP contribution in [0.15, 0.2) is 53.9 Å². The van der Waals surface area contributed by atoms with E-state index in [1.807, 2.05) is 17.5 Å². The summed E-state index contributed by atoms with van der Waals surface area (Å²) in [5.74, 6) is 0.182. The molecule has 2 aromatic carbocycles. The van der Waals surface area contributed by atoms with Crippen molar-refractivity contribution in [3.63, 3.8) is 0 Å². The van der Waals surface area contributed by atoms with Gasteiger partial charge in [0.2, 0.25) is 0 Å². The highest BCUT2D eigenvalue weighted by atomic mass is 32.1. The fourth-order valence-corrected chi connectivity index (χ4v) is 4.31. The van der Waals surface area contributed by atoms with Gasteiger partial charge in [-0.1, -0.05) is 6.07 Å². The van der Waals surface area contributed by atoms with Crippen LogP contribution in [0.5, 0.6) is 11.5 Å². The minimum atomic E-state index is -0.603. The molecule has 0 spiro atoms. The summed E-state index contributed by atoms with van der Waals surface area (Å²) in [6.45, 7) is 0.584. The second-order valence-corrected chi connectivity index (χ2v) is 8.57. The molecule has 4 rings (SSSR count). The normalized spacial score (nSPS) is 12.5. The third-order valence-corrected chi connectivity index (χ3v) is 6.39. The molecule has 2 heterocycles. The average Bonchev–Trinajstić information content (AvgIpc) is 3.41. The maximum absolute atomic E-state index is 12.7. The Morgan fingerprint density at radius 2 is 1.71 bits per heavy atom. The molecule has 1 aliphatic rings. The number of carbonyl (C=O) groups excluding carboxylic acids is 3. The van der Waals surface area contributed by atoms with Crippen LogP contribution in [0.1, 0.15) is 31.2 Å². The Balaban J connectivity index is 1.31. The first kappa shape index (κ1) is 23.3. The van der Waals surface area contributed by atoms with Crippen LogP contribution in [0, 0.1) is 0 Å². The summed E-state index contributed by atoms with van der Waals surface area (Å²) in [6, 6.07) is 13.7. The van der Waals surface area contributed by atoms with Crippen molar-refractivity contribution in [2.75, 3.05) is 32.7 Å². The molecule has 3 aromatic rings. The molecule has 0 unspecified atom stereocenters. The number of benzene rings is 2. The third kappa shape index (κ3) is 5.20. The van der Waals surface area contributed by atoms with Gasteiger partial charge in [-0.3, -0.25) is 9.59 Å². The van der Waals surface area contributed by atoms with Crippen molar-refractivity contribution in [3.05, 3.63) is 75.5 Å². The SMILES string of the molecule is COc1cc2c(cc1OC)CN(C(=O)COC(=O)c1ccc(NC(=O)c3cccs3)cc1)CC2. The van der Waals surface area contributed by atoms with Gasteiger partial charge in [-0.05, 0) is 65.4 Å². The number of methoxy groups -OCH3 is 2. The van der Waals surface area contributed by atoms with Crippen LogP contribution < -0.4 is 14.8 Å². The summed E-state index contributed by atoms with van der Waals surface area (Å²) in [7, 11) is 3.16. The number of ether oxygens (including phenoxy) is 3. The van der Waals surface area contributed by atoms with Crippen molar-refractivity contribution in [3.8, 4) is 11.5 Å². The van der Waals surface area contributed by atoms with Crippen LogP contribution in [0.2, 0.25) is 0 Å². The largest absolute Gasteiger partial charge is 0.493 e. The van der Waals surface area contributed by atoms with Crippen LogP contribution in [0.3, 0.4) is 0 Å².